The summed E-state index contributed by atoms with van der Waals surface area (Å²) in [5.41, 5.74) is 11.4. The Morgan fingerprint density at radius 2 is 1.79 bits per heavy atom. The third-order valence-electron chi connectivity index (χ3n) is 3.43. The van der Waals surface area contributed by atoms with E-state index in [1.807, 2.05) is 30.3 Å². The SMILES string of the molecule is COC(=O)CSc1[nH]c(/N=C(/Nc2ccccc2)SC)c(C(N)=O)c1C(N)=O. The van der Waals surface area contributed by atoms with Crippen LogP contribution < -0.4 is 16.8 Å². The van der Waals surface area contributed by atoms with Gasteiger partial charge in [-0.15, -0.1) is 0 Å². The van der Waals surface area contributed by atoms with Crippen molar-refractivity contribution < 1.29 is 19.1 Å². The summed E-state index contributed by atoms with van der Waals surface area (Å²) < 4.78 is 4.58. The fourth-order valence-corrected chi connectivity index (χ4v) is 3.49. The van der Waals surface area contributed by atoms with Gasteiger partial charge in [0.05, 0.1) is 29.0 Å². The molecule has 0 spiro atoms. The number of methoxy groups -OCH3 is 1. The lowest BCUT2D eigenvalue weighted by molar-refractivity contribution is -0.137. The Kier molecular flexibility index (Phi) is 7.52. The third kappa shape index (κ3) is 5.30. The molecular weight excluding hydrogens is 402 g/mol. The number of para-hydroxylation sites is 1. The van der Waals surface area contributed by atoms with Crippen LogP contribution >= 0.6 is 23.5 Å². The summed E-state index contributed by atoms with van der Waals surface area (Å²) in [6.45, 7) is 0. The van der Waals surface area contributed by atoms with E-state index in [9.17, 15) is 14.4 Å². The van der Waals surface area contributed by atoms with Gasteiger partial charge >= 0.3 is 5.97 Å². The van der Waals surface area contributed by atoms with Crippen LogP contribution in [0.25, 0.3) is 0 Å². The first-order valence-electron chi connectivity index (χ1n) is 7.87. The molecule has 0 atom stereocenters. The number of rotatable bonds is 7. The number of nitrogens with zero attached hydrogens (tertiary/aromatic N) is 1. The molecule has 0 bridgehead atoms. The molecule has 0 aliphatic heterocycles. The summed E-state index contributed by atoms with van der Waals surface area (Å²) in [6.07, 6.45) is 1.80. The molecule has 0 aliphatic rings. The van der Waals surface area contributed by atoms with Crippen molar-refractivity contribution in [2.75, 3.05) is 24.4 Å². The molecule has 11 heteroatoms. The lowest BCUT2D eigenvalue weighted by atomic mass is 10.1. The number of amides is 2. The molecule has 0 saturated carbocycles. The summed E-state index contributed by atoms with van der Waals surface area (Å²) >= 11 is 2.26. The average Bonchev–Trinajstić information content (AvgIpc) is 3.05. The molecule has 1 aromatic carbocycles. The first kappa shape index (κ1) is 21.4. The van der Waals surface area contributed by atoms with Gasteiger partial charge in [0, 0.05) is 5.69 Å². The number of hydrogen-bond acceptors (Lipinski definition) is 7. The Morgan fingerprint density at radius 1 is 1.14 bits per heavy atom. The summed E-state index contributed by atoms with van der Waals surface area (Å²) in [7, 11) is 1.25. The lowest BCUT2D eigenvalue weighted by Crippen LogP contribution is -2.20. The number of anilines is 1. The second kappa shape index (κ2) is 9.85. The normalized spacial score (nSPS) is 11.1. The summed E-state index contributed by atoms with van der Waals surface area (Å²) in [6, 6.07) is 9.29. The number of aromatic amines is 1. The first-order valence-corrected chi connectivity index (χ1v) is 10.1. The Bertz CT molecular complexity index is 912. The number of amidine groups is 1. The van der Waals surface area contributed by atoms with E-state index in [0.29, 0.717) is 5.17 Å². The molecule has 0 radical (unpaired) electrons. The molecule has 2 aromatic rings. The van der Waals surface area contributed by atoms with Crippen LogP contribution in [0.2, 0.25) is 0 Å². The van der Waals surface area contributed by atoms with E-state index < -0.39 is 17.8 Å². The molecule has 6 N–H and O–H groups in total. The minimum atomic E-state index is -0.867. The molecule has 1 aromatic heterocycles. The summed E-state index contributed by atoms with van der Waals surface area (Å²) in [5.74, 6) is -2.25. The molecule has 0 fully saturated rings. The zero-order valence-electron chi connectivity index (χ0n) is 15.1. The number of esters is 1. The molecule has 0 saturated heterocycles. The number of nitrogens with one attached hydrogen (secondary N) is 2. The Balaban J connectivity index is 2.47. The number of ether oxygens (including phenoxy) is 1. The van der Waals surface area contributed by atoms with Crippen molar-refractivity contribution in [2.24, 2.45) is 16.5 Å². The number of aromatic nitrogens is 1. The predicted molar refractivity (Wildman–Crippen MR) is 111 cm³/mol. The zero-order valence-corrected chi connectivity index (χ0v) is 16.8. The minimum Gasteiger partial charge on any atom is -0.468 e. The predicted octanol–water partition coefficient (Wildman–Crippen LogP) is 1.94. The second-order valence-electron chi connectivity index (χ2n) is 5.26. The molecule has 0 unspecified atom stereocenters. The van der Waals surface area contributed by atoms with Gasteiger partial charge in [-0.3, -0.25) is 14.4 Å². The van der Waals surface area contributed by atoms with Gasteiger partial charge in [-0.05, 0) is 18.4 Å². The van der Waals surface area contributed by atoms with Crippen LogP contribution in [0.1, 0.15) is 20.7 Å². The number of benzene rings is 1. The molecule has 148 valence electrons. The molecule has 28 heavy (non-hydrogen) atoms. The number of primary amides is 2. The van der Waals surface area contributed by atoms with Crippen molar-refractivity contribution >= 4 is 58.0 Å². The second-order valence-corrected chi connectivity index (χ2v) is 7.04. The van der Waals surface area contributed by atoms with Crippen molar-refractivity contribution in [3.8, 4) is 0 Å². The number of aliphatic imine (C=N–C) groups is 1. The maximum absolute atomic E-state index is 12.0. The van der Waals surface area contributed by atoms with Crippen LogP contribution in [0, 0.1) is 0 Å². The van der Waals surface area contributed by atoms with Gasteiger partial charge in [0.15, 0.2) is 5.17 Å². The molecule has 9 nitrogen and oxygen atoms in total. The Hall–Kier alpha value is -2.92. The van der Waals surface area contributed by atoms with Crippen LogP contribution in [0.4, 0.5) is 11.5 Å². The number of thioether (sulfide) groups is 2. The van der Waals surface area contributed by atoms with Crippen LogP contribution in [0.3, 0.4) is 0 Å². The topological polar surface area (TPSA) is 153 Å². The van der Waals surface area contributed by atoms with Crippen LogP contribution in [0.5, 0.6) is 0 Å². The van der Waals surface area contributed by atoms with Crippen LogP contribution in [0.15, 0.2) is 40.4 Å². The number of carbonyl (C=O) groups is 3. The van der Waals surface area contributed by atoms with E-state index in [1.54, 1.807) is 6.26 Å². The summed E-state index contributed by atoms with van der Waals surface area (Å²) in [4.78, 5) is 42.5. The van der Waals surface area contributed by atoms with E-state index in [0.717, 1.165) is 17.4 Å². The Morgan fingerprint density at radius 3 is 2.32 bits per heavy atom. The van der Waals surface area contributed by atoms with Crippen LogP contribution in [-0.4, -0.2) is 47.1 Å². The average molecular weight is 422 g/mol. The number of nitrogens with two attached hydrogens (primary N) is 2. The first-order chi connectivity index (χ1) is 13.4. The number of carbonyl (C=O) groups excluding carboxylic acids is 3. The molecule has 0 aliphatic carbocycles. The lowest BCUT2D eigenvalue weighted by Gasteiger charge is -2.07. The molecule has 2 rings (SSSR count). The highest BCUT2D eigenvalue weighted by Crippen LogP contribution is 2.32. The fourth-order valence-electron chi connectivity index (χ4n) is 2.19. The minimum absolute atomic E-state index is 0.0708. The maximum Gasteiger partial charge on any atom is 0.316 e. The van der Waals surface area contributed by atoms with Crippen molar-refractivity contribution in [1.29, 1.82) is 0 Å². The highest BCUT2D eigenvalue weighted by Gasteiger charge is 2.26. The van der Waals surface area contributed by atoms with Gasteiger partial charge in [-0.2, -0.15) is 0 Å². The largest absolute Gasteiger partial charge is 0.468 e. The van der Waals surface area contributed by atoms with Crippen LogP contribution in [-0.2, 0) is 9.53 Å². The highest BCUT2D eigenvalue weighted by molar-refractivity contribution is 8.13. The molecule has 2 amide bonds. The van der Waals surface area contributed by atoms with Crippen molar-refractivity contribution in [3.05, 3.63) is 41.5 Å². The van der Waals surface area contributed by atoms with Crippen molar-refractivity contribution in [1.82, 2.24) is 4.98 Å². The zero-order chi connectivity index (χ0) is 20.7. The molecule has 1 heterocycles. The monoisotopic (exact) mass is 421 g/mol. The smallest absolute Gasteiger partial charge is 0.316 e. The van der Waals surface area contributed by atoms with Crippen molar-refractivity contribution in [3.63, 3.8) is 0 Å². The van der Waals surface area contributed by atoms with Crippen molar-refractivity contribution in [2.45, 2.75) is 5.03 Å². The summed E-state index contributed by atoms with van der Waals surface area (Å²) in [5, 5.41) is 3.77. The van der Waals surface area contributed by atoms with Gasteiger partial charge in [0.25, 0.3) is 11.8 Å². The quantitative estimate of drug-likeness (QED) is 0.231. The van der Waals surface area contributed by atoms with E-state index in [-0.39, 0.29) is 27.7 Å². The van der Waals surface area contributed by atoms with Gasteiger partial charge in [-0.1, -0.05) is 41.7 Å². The van der Waals surface area contributed by atoms with E-state index in [1.165, 1.54) is 18.9 Å². The standard InChI is InChI=1S/C17H19N5O4S2/c1-26-10(23)8-28-16-12(14(19)25)11(13(18)24)15(21-16)22-17(27-2)20-9-6-4-3-5-7-9/h3-7,21H,8H2,1-2H3,(H2,18,24)(H2,19,25)(H,20,22). The van der Waals surface area contributed by atoms with E-state index >= 15 is 0 Å². The van der Waals surface area contributed by atoms with Gasteiger partial charge in [-0.25, -0.2) is 4.99 Å². The fraction of sp³-hybridized carbons (Fsp3) is 0.176. The number of H-pyrrole nitrogens is 1. The van der Waals surface area contributed by atoms with Gasteiger partial charge in [0.2, 0.25) is 0 Å². The third-order valence-corrected chi connectivity index (χ3v) is 4.99. The number of hydrogen-bond donors (Lipinski definition) is 4. The Labute approximate surface area is 169 Å². The van der Waals surface area contributed by atoms with Gasteiger partial charge < -0.3 is 26.5 Å². The van der Waals surface area contributed by atoms with Gasteiger partial charge in [0.1, 0.15) is 5.82 Å². The maximum atomic E-state index is 12.0. The highest BCUT2D eigenvalue weighted by atomic mass is 32.2. The molecular formula is C17H19N5O4S2. The van der Waals surface area contributed by atoms with E-state index in [2.05, 4.69) is 20.0 Å². The van der Waals surface area contributed by atoms with E-state index in [4.69, 9.17) is 11.5 Å².